The monoisotopic (exact) mass is 424 g/mol. The first-order valence-electron chi connectivity index (χ1n) is 8.05. The lowest BCUT2D eigenvalue weighted by atomic mass is 10.2. The Hall–Kier alpha value is -2.55. The van der Waals surface area contributed by atoms with Crippen LogP contribution in [0.4, 0.5) is 5.69 Å². The van der Waals surface area contributed by atoms with E-state index in [9.17, 15) is 4.79 Å². The highest BCUT2D eigenvalue weighted by atomic mass is 35.5. The Bertz CT molecular complexity index is 819. The first-order valence-corrected chi connectivity index (χ1v) is 9.65. The minimum atomic E-state index is -1.82. The van der Waals surface area contributed by atoms with Gasteiger partial charge < -0.3 is 15.5 Å². The van der Waals surface area contributed by atoms with E-state index in [4.69, 9.17) is 31.4 Å². The van der Waals surface area contributed by atoms with Gasteiger partial charge in [-0.1, -0.05) is 35.9 Å². The van der Waals surface area contributed by atoms with Crippen LogP contribution >= 0.6 is 23.4 Å². The van der Waals surface area contributed by atoms with Gasteiger partial charge in [0.05, 0.1) is 12.2 Å². The van der Waals surface area contributed by atoms with Crippen molar-refractivity contribution in [2.24, 2.45) is 0 Å². The van der Waals surface area contributed by atoms with Crippen LogP contribution in [0.2, 0.25) is 5.02 Å². The maximum Gasteiger partial charge on any atom is 0.414 e. The van der Waals surface area contributed by atoms with E-state index in [-0.39, 0.29) is 5.91 Å². The van der Waals surface area contributed by atoms with Crippen LogP contribution < -0.4 is 5.32 Å². The van der Waals surface area contributed by atoms with Crippen molar-refractivity contribution in [3.05, 3.63) is 59.1 Å². The molecule has 0 aliphatic rings. The lowest BCUT2D eigenvalue weighted by molar-refractivity contribution is -0.159. The number of benzene rings is 2. The summed E-state index contributed by atoms with van der Waals surface area (Å²) >= 11 is 7.59. The van der Waals surface area contributed by atoms with Crippen LogP contribution in [0.15, 0.2) is 53.4 Å². The van der Waals surface area contributed by atoms with Crippen LogP contribution in [-0.4, -0.2) is 52.8 Å². The lowest BCUT2D eigenvalue weighted by Crippen LogP contribution is -2.29. The second-order valence-corrected chi connectivity index (χ2v) is 6.95. The van der Waals surface area contributed by atoms with E-state index in [0.717, 1.165) is 16.1 Å². The van der Waals surface area contributed by atoms with Crippen molar-refractivity contribution in [1.29, 1.82) is 0 Å². The topological polar surface area (TPSA) is 107 Å². The maximum atomic E-state index is 12.2. The Morgan fingerprint density at radius 2 is 1.71 bits per heavy atom. The van der Waals surface area contributed by atoms with Gasteiger partial charge in [-0.2, -0.15) is 0 Å². The Morgan fingerprint density at radius 1 is 1.07 bits per heavy atom. The quantitative estimate of drug-likeness (QED) is 0.482. The average molecular weight is 425 g/mol. The standard InChI is InChI=1S/C17H19ClN2OS.C2H2O4/c1-20(11-13-6-5-7-14(18)10-13)12-17(21)19-15-8-3-4-9-16(15)22-2;3-1(4)2(5)6/h3-10H,11-12H2,1-2H3,(H,19,21);(H,3,4)(H,5,6). The Labute approximate surface area is 172 Å². The summed E-state index contributed by atoms with van der Waals surface area (Å²) < 4.78 is 0. The van der Waals surface area contributed by atoms with Crippen molar-refractivity contribution >= 4 is 46.9 Å². The molecule has 0 radical (unpaired) electrons. The number of nitrogens with one attached hydrogen (secondary N) is 1. The number of hydrogen-bond donors (Lipinski definition) is 3. The van der Waals surface area contributed by atoms with Gasteiger partial charge in [-0.25, -0.2) is 9.59 Å². The molecule has 3 N–H and O–H groups in total. The molecule has 150 valence electrons. The summed E-state index contributed by atoms with van der Waals surface area (Å²) in [7, 11) is 1.92. The van der Waals surface area contributed by atoms with Crippen LogP contribution in [0.25, 0.3) is 0 Å². The predicted molar refractivity (Wildman–Crippen MR) is 110 cm³/mol. The molecule has 0 atom stereocenters. The van der Waals surface area contributed by atoms with E-state index in [1.807, 2.05) is 66.7 Å². The molecule has 0 aromatic heterocycles. The van der Waals surface area contributed by atoms with Gasteiger partial charge in [0.2, 0.25) is 5.91 Å². The molecule has 28 heavy (non-hydrogen) atoms. The third-order valence-corrected chi connectivity index (χ3v) is 4.35. The number of nitrogens with zero attached hydrogens (tertiary/aromatic N) is 1. The van der Waals surface area contributed by atoms with Crippen LogP contribution in [0.1, 0.15) is 5.56 Å². The van der Waals surface area contributed by atoms with Crippen LogP contribution in [-0.2, 0) is 20.9 Å². The fraction of sp³-hybridized carbons (Fsp3) is 0.211. The van der Waals surface area contributed by atoms with Gasteiger partial charge in [0.1, 0.15) is 0 Å². The van der Waals surface area contributed by atoms with Gasteiger partial charge in [0.15, 0.2) is 0 Å². The zero-order chi connectivity index (χ0) is 21.1. The van der Waals surface area contributed by atoms with E-state index in [0.29, 0.717) is 18.1 Å². The number of carboxylic acid groups (broad SMARTS) is 2. The van der Waals surface area contributed by atoms with Gasteiger partial charge in [0, 0.05) is 16.5 Å². The second kappa shape index (κ2) is 12.0. The van der Waals surface area contributed by atoms with Crippen molar-refractivity contribution in [3.8, 4) is 0 Å². The lowest BCUT2D eigenvalue weighted by Gasteiger charge is -2.17. The molecule has 2 aromatic rings. The molecular formula is C19H21ClN2O5S. The molecule has 0 aliphatic carbocycles. The summed E-state index contributed by atoms with van der Waals surface area (Å²) in [6.45, 7) is 1.01. The molecule has 9 heteroatoms. The van der Waals surface area contributed by atoms with E-state index in [1.165, 1.54) is 0 Å². The number of para-hydroxylation sites is 1. The van der Waals surface area contributed by atoms with Crippen LogP contribution in [0.3, 0.4) is 0 Å². The number of carbonyl (C=O) groups excluding carboxylic acids is 1. The fourth-order valence-corrected chi connectivity index (χ4v) is 2.95. The average Bonchev–Trinajstić information content (AvgIpc) is 2.62. The molecular weight excluding hydrogens is 404 g/mol. The molecule has 1 amide bonds. The molecule has 0 saturated heterocycles. The minimum Gasteiger partial charge on any atom is -0.473 e. The van der Waals surface area contributed by atoms with Gasteiger partial charge in [-0.05, 0) is 43.1 Å². The van der Waals surface area contributed by atoms with E-state index in [1.54, 1.807) is 11.8 Å². The summed E-state index contributed by atoms with van der Waals surface area (Å²) in [4.78, 5) is 33.4. The largest absolute Gasteiger partial charge is 0.473 e. The molecule has 2 rings (SSSR count). The van der Waals surface area contributed by atoms with E-state index in [2.05, 4.69) is 5.32 Å². The molecule has 0 fully saturated rings. The second-order valence-electron chi connectivity index (χ2n) is 5.66. The summed E-state index contributed by atoms with van der Waals surface area (Å²) in [5.74, 6) is -3.67. The van der Waals surface area contributed by atoms with Crippen molar-refractivity contribution < 1.29 is 24.6 Å². The highest BCUT2D eigenvalue weighted by molar-refractivity contribution is 7.98. The van der Waals surface area contributed by atoms with E-state index >= 15 is 0 Å². The first-order chi connectivity index (χ1) is 13.2. The molecule has 0 spiro atoms. The fourth-order valence-electron chi connectivity index (χ4n) is 2.19. The van der Waals surface area contributed by atoms with Gasteiger partial charge in [0.25, 0.3) is 0 Å². The van der Waals surface area contributed by atoms with Crippen LogP contribution in [0.5, 0.6) is 0 Å². The number of carboxylic acids is 2. The smallest absolute Gasteiger partial charge is 0.414 e. The van der Waals surface area contributed by atoms with E-state index < -0.39 is 11.9 Å². The molecule has 0 saturated carbocycles. The molecule has 0 heterocycles. The zero-order valence-electron chi connectivity index (χ0n) is 15.4. The predicted octanol–water partition coefficient (Wildman–Crippen LogP) is 3.29. The van der Waals surface area contributed by atoms with Gasteiger partial charge >= 0.3 is 11.9 Å². The highest BCUT2D eigenvalue weighted by Crippen LogP contribution is 2.24. The Morgan fingerprint density at radius 3 is 2.29 bits per heavy atom. The summed E-state index contributed by atoms with van der Waals surface area (Å²) in [5, 5.41) is 18.5. The van der Waals surface area contributed by atoms with Crippen molar-refractivity contribution in [2.45, 2.75) is 11.4 Å². The summed E-state index contributed by atoms with van der Waals surface area (Å²) in [5.41, 5.74) is 1.95. The number of thioether (sulfide) groups is 1. The van der Waals surface area contributed by atoms with Crippen molar-refractivity contribution in [1.82, 2.24) is 4.90 Å². The normalized spacial score (nSPS) is 10.0. The van der Waals surface area contributed by atoms with Crippen LogP contribution in [0, 0.1) is 0 Å². The number of aliphatic carboxylic acids is 2. The molecule has 0 aliphatic heterocycles. The minimum absolute atomic E-state index is 0.0222. The molecule has 2 aromatic carbocycles. The number of amides is 1. The Kier molecular flexibility index (Phi) is 10.1. The first kappa shape index (κ1) is 23.5. The third kappa shape index (κ3) is 8.90. The number of likely N-dealkylation sites (N-methyl/N-ethyl adjacent to an activating group) is 1. The number of anilines is 1. The third-order valence-electron chi connectivity index (χ3n) is 3.32. The molecule has 0 unspecified atom stereocenters. The number of carbonyl (C=O) groups is 3. The Balaban J connectivity index is 0.000000568. The van der Waals surface area contributed by atoms with Crippen molar-refractivity contribution in [3.63, 3.8) is 0 Å². The summed E-state index contributed by atoms with van der Waals surface area (Å²) in [6.07, 6.45) is 2.00. The summed E-state index contributed by atoms with van der Waals surface area (Å²) in [6, 6.07) is 15.5. The highest BCUT2D eigenvalue weighted by Gasteiger charge is 2.09. The zero-order valence-corrected chi connectivity index (χ0v) is 17.0. The van der Waals surface area contributed by atoms with Crippen molar-refractivity contribution in [2.75, 3.05) is 25.2 Å². The molecule has 7 nitrogen and oxygen atoms in total. The van der Waals surface area contributed by atoms with Gasteiger partial charge in [-0.15, -0.1) is 11.8 Å². The maximum absolute atomic E-state index is 12.2. The number of hydrogen-bond acceptors (Lipinski definition) is 5. The molecule has 0 bridgehead atoms. The van der Waals surface area contributed by atoms with Gasteiger partial charge in [-0.3, -0.25) is 9.69 Å². The number of halogens is 1. The number of rotatable bonds is 6. The SMILES string of the molecule is CSc1ccccc1NC(=O)CN(C)Cc1cccc(Cl)c1.O=C(O)C(=O)O.